The summed E-state index contributed by atoms with van der Waals surface area (Å²) < 4.78 is 32.7. The van der Waals surface area contributed by atoms with Crippen LogP contribution in [0.2, 0.25) is 0 Å². The fourth-order valence-electron chi connectivity index (χ4n) is 1.35. The van der Waals surface area contributed by atoms with Crippen LogP contribution in [0.25, 0.3) is 0 Å². The molecule has 0 N–H and O–H groups in total. The van der Waals surface area contributed by atoms with E-state index in [1.165, 1.54) is 26.4 Å². The molecule has 0 aliphatic carbocycles. The van der Waals surface area contributed by atoms with E-state index >= 15 is 0 Å². The zero-order chi connectivity index (χ0) is 13.1. The van der Waals surface area contributed by atoms with Crippen molar-refractivity contribution < 1.29 is 17.9 Å². The predicted molar refractivity (Wildman–Crippen MR) is 61.9 cm³/mol. The minimum atomic E-state index is -3.93. The van der Waals surface area contributed by atoms with Crippen molar-refractivity contribution in [1.29, 1.82) is 5.26 Å². The average Bonchev–Trinajstić information content (AvgIpc) is 2.27. The van der Waals surface area contributed by atoms with E-state index in [1.54, 1.807) is 0 Å². The van der Waals surface area contributed by atoms with E-state index in [0.717, 1.165) is 0 Å². The van der Waals surface area contributed by atoms with Crippen molar-refractivity contribution in [3.05, 3.63) is 17.7 Å². The molecule has 7 heteroatoms. The third-order valence-corrected chi connectivity index (χ3v) is 3.50. The molecule has 0 radical (unpaired) electrons. The zero-order valence-corrected chi connectivity index (χ0v) is 10.8. The molecular weight excluding hydrogens is 266 g/mol. The Bertz CT molecular complexity index is 562. The second-order valence-corrected chi connectivity index (χ2v) is 5.62. The molecule has 0 amide bonds. The van der Waals surface area contributed by atoms with Gasteiger partial charge in [0.15, 0.2) is 11.5 Å². The molecule has 0 heterocycles. The van der Waals surface area contributed by atoms with Crippen molar-refractivity contribution in [3.63, 3.8) is 0 Å². The second kappa shape index (κ2) is 5.25. The van der Waals surface area contributed by atoms with Crippen LogP contribution < -0.4 is 9.47 Å². The van der Waals surface area contributed by atoms with E-state index in [9.17, 15) is 8.42 Å². The fourth-order valence-corrected chi connectivity index (χ4v) is 2.48. The summed E-state index contributed by atoms with van der Waals surface area (Å²) in [6.07, 6.45) is -0.0817. The van der Waals surface area contributed by atoms with Gasteiger partial charge in [0.25, 0.3) is 9.05 Å². The van der Waals surface area contributed by atoms with Gasteiger partial charge >= 0.3 is 0 Å². The Morgan fingerprint density at radius 3 is 2.24 bits per heavy atom. The largest absolute Gasteiger partial charge is 0.493 e. The number of nitriles is 1. The average molecular weight is 276 g/mol. The Hall–Kier alpha value is -1.45. The maximum absolute atomic E-state index is 11.4. The molecule has 92 valence electrons. The molecule has 0 aliphatic rings. The summed E-state index contributed by atoms with van der Waals surface area (Å²) in [6, 6.07) is 4.54. The molecule has 0 spiro atoms. The summed E-state index contributed by atoms with van der Waals surface area (Å²) in [5.41, 5.74) is 0.278. The number of halogens is 1. The first-order valence-corrected chi connectivity index (χ1v) is 6.81. The predicted octanol–water partition coefficient (Wildman–Crippen LogP) is 1.70. The Balaban J connectivity index is 3.52. The highest BCUT2D eigenvalue weighted by atomic mass is 35.7. The van der Waals surface area contributed by atoms with Crippen LogP contribution in [0.1, 0.15) is 5.56 Å². The van der Waals surface area contributed by atoms with Gasteiger partial charge in [-0.05, 0) is 11.6 Å². The Kier molecular flexibility index (Phi) is 4.21. The summed E-state index contributed by atoms with van der Waals surface area (Å²) in [5.74, 6) is 0.593. The van der Waals surface area contributed by atoms with Crippen molar-refractivity contribution in [1.82, 2.24) is 0 Å². The van der Waals surface area contributed by atoms with Crippen LogP contribution in [-0.4, -0.2) is 22.6 Å². The number of ether oxygens (including phenoxy) is 2. The highest BCUT2D eigenvalue weighted by Crippen LogP contribution is 2.34. The molecule has 0 bridgehead atoms. The molecule has 1 aromatic rings. The summed E-state index contributed by atoms with van der Waals surface area (Å²) in [7, 11) is 4.16. The van der Waals surface area contributed by atoms with Crippen LogP contribution in [-0.2, 0) is 15.5 Å². The van der Waals surface area contributed by atoms with E-state index in [1.807, 2.05) is 6.07 Å². The van der Waals surface area contributed by atoms with Gasteiger partial charge in [-0.25, -0.2) is 8.42 Å². The van der Waals surface area contributed by atoms with Crippen molar-refractivity contribution in [2.24, 2.45) is 0 Å². The standard InChI is InChI=1S/C10H10ClNO4S/c1-15-8-5-7(3-4-12)10(17(11,13)14)6-9(8)16-2/h5-6H,3H2,1-2H3. The molecule has 0 saturated heterocycles. The summed E-state index contributed by atoms with van der Waals surface area (Å²) in [4.78, 5) is -0.140. The molecule has 0 atom stereocenters. The van der Waals surface area contributed by atoms with Gasteiger partial charge in [-0.2, -0.15) is 5.26 Å². The molecule has 0 aromatic heterocycles. The smallest absolute Gasteiger partial charge is 0.261 e. The number of nitrogens with zero attached hydrogens (tertiary/aromatic N) is 1. The molecule has 0 saturated carbocycles. The summed E-state index contributed by atoms with van der Waals surface area (Å²) in [6.45, 7) is 0. The Morgan fingerprint density at radius 2 is 1.82 bits per heavy atom. The van der Waals surface area contributed by atoms with Crippen LogP contribution in [0.4, 0.5) is 0 Å². The van der Waals surface area contributed by atoms with E-state index < -0.39 is 9.05 Å². The molecule has 5 nitrogen and oxygen atoms in total. The summed E-state index contributed by atoms with van der Waals surface area (Å²) >= 11 is 0. The van der Waals surface area contributed by atoms with Gasteiger partial charge < -0.3 is 9.47 Å². The minimum absolute atomic E-state index is 0.0817. The normalized spacial score (nSPS) is 10.7. The van der Waals surface area contributed by atoms with Gasteiger partial charge in [-0.15, -0.1) is 0 Å². The van der Waals surface area contributed by atoms with Crippen LogP contribution in [0.5, 0.6) is 11.5 Å². The lowest BCUT2D eigenvalue weighted by atomic mass is 10.1. The molecule has 1 aromatic carbocycles. The monoisotopic (exact) mass is 275 g/mol. The maximum atomic E-state index is 11.4. The van der Waals surface area contributed by atoms with Gasteiger partial charge in [-0.3, -0.25) is 0 Å². The highest BCUT2D eigenvalue weighted by molar-refractivity contribution is 8.13. The SMILES string of the molecule is COc1cc(CC#N)c(S(=O)(=O)Cl)cc1OC. The zero-order valence-electron chi connectivity index (χ0n) is 9.23. The van der Waals surface area contributed by atoms with Gasteiger partial charge in [0.1, 0.15) is 0 Å². The molecular formula is C10H10ClNO4S. The van der Waals surface area contributed by atoms with Crippen molar-refractivity contribution in [3.8, 4) is 17.6 Å². The fraction of sp³-hybridized carbons (Fsp3) is 0.300. The van der Waals surface area contributed by atoms with Crippen LogP contribution in [0.3, 0.4) is 0 Å². The highest BCUT2D eigenvalue weighted by Gasteiger charge is 2.19. The molecule has 17 heavy (non-hydrogen) atoms. The van der Waals surface area contributed by atoms with Crippen LogP contribution >= 0.6 is 10.7 Å². The lowest BCUT2D eigenvalue weighted by molar-refractivity contribution is 0.353. The van der Waals surface area contributed by atoms with E-state index in [2.05, 4.69) is 0 Å². The number of benzene rings is 1. The number of rotatable bonds is 4. The lowest BCUT2D eigenvalue weighted by Crippen LogP contribution is -2.01. The van der Waals surface area contributed by atoms with E-state index in [0.29, 0.717) is 5.75 Å². The topological polar surface area (TPSA) is 76.4 Å². The first-order chi connectivity index (χ1) is 7.93. The van der Waals surface area contributed by atoms with Gasteiger partial charge in [-0.1, -0.05) is 0 Å². The van der Waals surface area contributed by atoms with Gasteiger partial charge in [0.05, 0.1) is 31.6 Å². The third kappa shape index (κ3) is 3.02. The van der Waals surface area contributed by atoms with Gasteiger partial charge in [0, 0.05) is 16.7 Å². The molecule has 0 fully saturated rings. The molecule has 1 rings (SSSR count). The van der Waals surface area contributed by atoms with E-state index in [-0.39, 0.29) is 22.6 Å². The second-order valence-electron chi connectivity index (χ2n) is 3.09. The van der Waals surface area contributed by atoms with Crippen molar-refractivity contribution in [2.75, 3.05) is 14.2 Å². The molecule has 0 unspecified atom stereocenters. The lowest BCUT2D eigenvalue weighted by Gasteiger charge is -2.11. The van der Waals surface area contributed by atoms with E-state index in [4.69, 9.17) is 25.4 Å². The van der Waals surface area contributed by atoms with Crippen LogP contribution in [0, 0.1) is 11.3 Å². The third-order valence-electron chi connectivity index (χ3n) is 2.10. The first-order valence-electron chi connectivity index (χ1n) is 4.50. The Morgan fingerprint density at radius 1 is 1.29 bits per heavy atom. The first kappa shape index (κ1) is 13.6. The molecule has 0 aliphatic heterocycles. The quantitative estimate of drug-likeness (QED) is 0.782. The maximum Gasteiger partial charge on any atom is 0.261 e. The number of methoxy groups -OCH3 is 2. The van der Waals surface area contributed by atoms with Crippen molar-refractivity contribution in [2.45, 2.75) is 11.3 Å². The van der Waals surface area contributed by atoms with Crippen molar-refractivity contribution >= 4 is 19.7 Å². The van der Waals surface area contributed by atoms with Crippen LogP contribution in [0.15, 0.2) is 17.0 Å². The number of hydrogen-bond acceptors (Lipinski definition) is 5. The minimum Gasteiger partial charge on any atom is -0.493 e. The number of hydrogen-bond donors (Lipinski definition) is 0. The Labute approximate surface area is 104 Å². The summed E-state index contributed by atoms with van der Waals surface area (Å²) in [5, 5.41) is 8.64. The van der Waals surface area contributed by atoms with Gasteiger partial charge in [0.2, 0.25) is 0 Å².